The molecule has 1 aromatic carbocycles. The molecule has 4 nitrogen and oxygen atoms in total. The Morgan fingerprint density at radius 2 is 2.00 bits per heavy atom. The first-order chi connectivity index (χ1) is 8.66. The minimum Gasteiger partial charge on any atom is -0.346 e. The normalized spacial score (nSPS) is 10.1. The van der Waals surface area contributed by atoms with Crippen molar-refractivity contribution in [3.8, 4) is 0 Å². The maximum Gasteiger partial charge on any atom is 0.251 e. The van der Waals surface area contributed by atoms with Gasteiger partial charge in [-0.15, -0.1) is 0 Å². The Morgan fingerprint density at radius 1 is 1.22 bits per heavy atom. The van der Waals surface area contributed by atoms with Crippen molar-refractivity contribution in [2.75, 3.05) is 0 Å². The molecule has 0 bridgehead atoms. The van der Waals surface area contributed by atoms with Crippen LogP contribution >= 0.6 is 0 Å². The van der Waals surface area contributed by atoms with Crippen LogP contribution in [0.4, 0.5) is 0 Å². The van der Waals surface area contributed by atoms with Crippen molar-refractivity contribution in [3.63, 3.8) is 0 Å². The van der Waals surface area contributed by atoms with E-state index >= 15 is 0 Å². The highest BCUT2D eigenvalue weighted by Crippen LogP contribution is 2.06. The zero-order chi connectivity index (χ0) is 13.0. The van der Waals surface area contributed by atoms with E-state index in [0.717, 1.165) is 17.0 Å². The first-order valence-corrected chi connectivity index (χ1v) is 5.78. The quantitative estimate of drug-likeness (QED) is 0.894. The highest BCUT2D eigenvalue weighted by molar-refractivity contribution is 5.95. The Morgan fingerprint density at radius 3 is 2.72 bits per heavy atom. The van der Waals surface area contributed by atoms with Gasteiger partial charge in [0.05, 0.1) is 12.2 Å². The van der Waals surface area contributed by atoms with Crippen LogP contribution in [0.2, 0.25) is 0 Å². The van der Waals surface area contributed by atoms with Crippen LogP contribution in [0, 0.1) is 13.8 Å². The Bertz CT molecular complexity index is 566. The van der Waals surface area contributed by atoms with Crippen molar-refractivity contribution < 1.29 is 4.79 Å². The molecule has 4 heteroatoms. The molecule has 2 aromatic rings. The SMILES string of the molecule is Cc1cc(CNC(=O)c2ccccc2C)ncn1. The van der Waals surface area contributed by atoms with Crippen LogP contribution in [0.25, 0.3) is 0 Å². The molecule has 0 aliphatic rings. The highest BCUT2D eigenvalue weighted by atomic mass is 16.1. The lowest BCUT2D eigenvalue weighted by Crippen LogP contribution is -2.24. The van der Waals surface area contributed by atoms with Crippen molar-refractivity contribution in [1.82, 2.24) is 15.3 Å². The molecule has 1 heterocycles. The number of benzene rings is 1. The van der Waals surface area contributed by atoms with Crippen molar-refractivity contribution in [2.24, 2.45) is 0 Å². The fourth-order valence-electron chi connectivity index (χ4n) is 1.70. The minimum absolute atomic E-state index is 0.0793. The summed E-state index contributed by atoms with van der Waals surface area (Å²) >= 11 is 0. The average molecular weight is 241 g/mol. The molecule has 1 N–H and O–H groups in total. The van der Waals surface area contributed by atoms with E-state index in [1.165, 1.54) is 6.33 Å². The number of nitrogens with one attached hydrogen (secondary N) is 1. The number of carbonyl (C=O) groups excluding carboxylic acids is 1. The van der Waals surface area contributed by atoms with Crippen LogP contribution in [-0.4, -0.2) is 15.9 Å². The van der Waals surface area contributed by atoms with Crippen LogP contribution in [0.15, 0.2) is 36.7 Å². The number of aryl methyl sites for hydroxylation is 2. The second-order valence-electron chi connectivity index (χ2n) is 4.15. The molecule has 0 aliphatic carbocycles. The van der Waals surface area contributed by atoms with Crippen molar-refractivity contribution in [2.45, 2.75) is 20.4 Å². The summed E-state index contributed by atoms with van der Waals surface area (Å²) in [6.45, 7) is 4.23. The number of nitrogens with zero attached hydrogens (tertiary/aromatic N) is 2. The molecule has 0 aliphatic heterocycles. The molecule has 0 fully saturated rings. The van der Waals surface area contributed by atoms with Crippen LogP contribution in [-0.2, 0) is 6.54 Å². The summed E-state index contributed by atoms with van der Waals surface area (Å²) in [5.74, 6) is -0.0793. The van der Waals surface area contributed by atoms with Gasteiger partial charge in [-0.1, -0.05) is 18.2 Å². The molecule has 0 unspecified atom stereocenters. The van der Waals surface area contributed by atoms with Gasteiger partial charge in [0.2, 0.25) is 0 Å². The largest absolute Gasteiger partial charge is 0.346 e. The summed E-state index contributed by atoms with van der Waals surface area (Å²) in [5.41, 5.74) is 3.37. The van der Waals surface area contributed by atoms with E-state index in [1.54, 1.807) is 0 Å². The predicted molar refractivity (Wildman–Crippen MR) is 69.1 cm³/mol. The molecular formula is C14H15N3O. The van der Waals surface area contributed by atoms with Gasteiger partial charge in [0.25, 0.3) is 5.91 Å². The van der Waals surface area contributed by atoms with Gasteiger partial charge in [-0.25, -0.2) is 9.97 Å². The van der Waals surface area contributed by atoms with E-state index in [9.17, 15) is 4.79 Å². The maximum atomic E-state index is 12.0. The molecule has 0 atom stereocenters. The highest BCUT2D eigenvalue weighted by Gasteiger charge is 2.07. The van der Waals surface area contributed by atoms with Gasteiger partial charge < -0.3 is 5.32 Å². The molecule has 0 saturated heterocycles. The van der Waals surface area contributed by atoms with Crippen molar-refractivity contribution in [1.29, 1.82) is 0 Å². The zero-order valence-corrected chi connectivity index (χ0v) is 10.5. The molecule has 92 valence electrons. The summed E-state index contributed by atoms with van der Waals surface area (Å²) in [5, 5.41) is 2.85. The smallest absolute Gasteiger partial charge is 0.251 e. The monoisotopic (exact) mass is 241 g/mol. The van der Waals surface area contributed by atoms with E-state index in [-0.39, 0.29) is 5.91 Å². The van der Waals surface area contributed by atoms with Crippen LogP contribution in [0.5, 0.6) is 0 Å². The number of carbonyl (C=O) groups is 1. The average Bonchev–Trinajstić information content (AvgIpc) is 2.37. The van der Waals surface area contributed by atoms with Gasteiger partial charge in [0, 0.05) is 11.3 Å². The Labute approximate surface area is 106 Å². The molecule has 2 rings (SSSR count). The lowest BCUT2D eigenvalue weighted by molar-refractivity contribution is 0.0950. The molecule has 0 spiro atoms. The van der Waals surface area contributed by atoms with Crippen molar-refractivity contribution >= 4 is 5.91 Å². The van der Waals surface area contributed by atoms with E-state index in [4.69, 9.17) is 0 Å². The molecule has 18 heavy (non-hydrogen) atoms. The Kier molecular flexibility index (Phi) is 3.67. The fourth-order valence-corrected chi connectivity index (χ4v) is 1.70. The second kappa shape index (κ2) is 5.40. The fraction of sp³-hybridized carbons (Fsp3) is 0.214. The Balaban J connectivity index is 2.03. The lowest BCUT2D eigenvalue weighted by Gasteiger charge is -2.07. The van der Waals surface area contributed by atoms with E-state index < -0.39 is 0 Å². The molecular weight excluding hydrogens is 226 g/mol. The van der Waals surface area contributed by atoms with Gasteiger partial charge in [-0.2, -0.15) is 0 Å². The topological polar surface area (TPSA) is 54.9 Å². The Hall–Kier alpha value is -2.23. The first-order valence-electron chi connectivity index (χ1n) is 5.78. The van der Waals surface area contributed by atoms with Gasteiger partial charge in [-0.3, -0.25) is 4.79 Å². The van der Waals surface area contributed by atoms with E-state index in [2.05, 4.69) is 15.3 Å². The number of hydrogen-bond donors (Lipinski definition) is 1. The standard InChI is InChI=1S/C14H15N3O/c1-10-5-3-4-6-13(10)14(18)15-8-12-7-11(2)16-9-17-12/h3-7,9H,8H2,1-2H3,(H,15,18). The summed E-state index contributed by atoms with van der Waals surface area (Å²) in [4.78, 5) is 20.1. The number of amides is 1. The summed E-state index contributed by atoms with van der Waals surface area (Å²) in [7, 11) is 0. The predicted octanol–water partition coefficient (Wildman–Crippen LogP) is 2.02. The first kappa shape index (κ1) is 12.2. The van der Waals surface area contributed by atoms with E-state index in [1.807, 2.05) is 44.2 Å². The summed E-state index contributed by atoms with van der Waals surface area (Å²) in [6, 6.07) is 9.37. The van der Waals surface area contributed by atoms with Gasteiger partial charge in [0.1, 0.15) is 6.33 Å². The van der Waals surface area contributed by atoms with Gasteiger partial charge in [-0.05, 0) is 31.5 Å². The van der Waals surface area contributed by atoms with Crippen LogP contribution < -0.4 is 5.32 Å². The number of aromatic nitrogens is 2. The molecule has 0 saturated carbocycles. The third-order valence-corrected chi connectivity index (χ3v) is 2.68. The molecule has 0 radical (unpaired) electrons. The minimum atomic E-state index is -0.0793. The van der Waals surface area contributed by atoms with Crippen LogP contribution in [0.1, 0.15) is 27.3 Å². The second-order valence-corrected chi connectivity index (χ2v) is 4.15. The summed E-state index contributed by atoms with van der Waals surface area (Å²) < 4.78 is 0. The molecule has 1 amide bonds. The van der Waals surface area contributed by atoms with Crippen molar-refractivity contribution in [3.05, 3.63) is 59.2 Å². The maximum absolute atomic E-state index is 12.0. The summed E-state index contributed by atoms with van der Waals surface area (Å²) in [6.07, 6.45) is 1.50. The lowest BCUT2D eigenvalue weighted by atomic mass is 10.1. The van der Waals surface area contributed by atoms with Gasteiger partial charge in [0.15, 0.2) is 0 Å². The zero-order valence-electron chi connectivity index (χ0n) is 10.5. The van der Waals surface area contributed by atoms with Crippen LogP contribution in [0.3, 0.4) is 0 Å². The molecule has 1 aromatic heterocycles. The number of rotatable bonds is 3. The number of hydrogen-bond acceptors (Lipinski definition) is 3. The van der Waals surface area contributed by atoms with Gasteiger partial charge >= 0.3 is 0 Å². The third-order valence-electron chi connectivity index (χ3n) is 2.68. The third kappa shape index (κ3) is 2.91. The van der Waals surface area contributed by atoms with E-state index in [0.29, 0.717) is 12.1 Å².